The number of hydrogen-bond acceptors (Lipinski definition) is 3. The van der Waals surface area contributed by atoms with E-state index in [1.807, 2.05) is 11.8 Å². The minimum absolute atomic E-state index is 0.407. The molecule has 0 saturated carbocycles. The average molecular weight is 161 g/mol. The SMILES string of the molecule is C[C@H]1O[C@H](CN(C)C)CS1. The van der Waals surface area contributed by atoms with Crippen molar-refractivity contribution in [3.63, 3.8) is 0 Å². The number of ether oxygens (including phenoxy) is 1. The third-order valence-electron chi connectivity index (χ3n) is 1.47. The van der Waals surface area contributed by atoms with E-state index in [-0.39, 0.29) is 0 Å². The zero-order valence-corrected chi connectivity index (χ0v) is 7.65. The van der Waals surface area contributed by atoms with Gasteiger partial charge in [-0.25, -0.2) is 0 Å². The first-order chi connectivity index (χ1) is 4.68. The van der Waals surface area contributed by atoms with Gasteiger partial charge in [-0.3, -0.25) is 0 Å². The molecule has 0 amide bonds. The number of thioether (sulfide) groups is 1. The summed E-state index contributed by atoms with van der Waals surface area (Å²) >= 11 is 1.90. The van der Waals surface area contributed by atoms with Gasteiger partial charge >= 0.3 is 0 Å². The van der Waals surface area contributed by atoms with E-state index in [0.717, 1.165) is 12.3 Å². The predicted octanol–water partition coefficient (Wildman–Crippen LogP) is 1.03. The monoisotopic (exact) mass is 161 g/mol. The lowest BCUT2D eigenvalue weighted by atomic mass is 10.4. The van der Waals surface area contributed by atoms with Crippen molar-refractivity contribution in [1.29, 1.82) is 0 Å². The Kier molecular flexibility index (Phi) is 3.01. The Bertz CT molecular complexity index is 108. The molecule has 0 aromatic rings. The first kappa shape index (κ1) is 8.37. The lowest BCUT2D eigenvalue weighted by molar-refractivity contribution is 0.0578. The molecule has 1 heterocycles. The molecule has 2 nitrogen and oxygen atoms in total. The van der Waals surface area contributed by atoms with Crippen molar-refractivity contribution in [2.45, 2.75) is 18.5 Å². The second-order valence-electron chi connectivity index (χ2n) is 2.92. The van der Waals surface area contributed by atoms with Crippen LogP contribution < -0.4 is 0 Å². The summed E-state index contributed by atoms with van der Waals surface area (Å²) < 4.78 is 5.59. The molecule has 1 aliphatic heterocycles. The molecule has 1 fully saturated rings. The van der Waals surface area contributed by atoms with Gasteiger partial charge in [0.1, 0.15) is 5.44 Å². The van der Waals surface area contributed by atoms with Gasteiger partial charge < -0.3 is 9.64 Å². The van der Waals surface area contributed by atoms with Crippen LogP contribution in [0.15, 0.2) is 0 Å². The normalized spacial score (nSPS) is 33.6. The molecule has 60 valence electrons. The van der Waals surface area contributed by atoms with Crippen LogP contribution in [0.2, 0.25) is 0 Å². The fraction of sp³-hybridized carbons (Fsp3) is 1.00. The average Bonchev–Trinajstić information content (AvgIpc) is 2.13. The maximum atomic E-state index is 5.59. The van der Waals surface area contributed by atoms with Crippen LogP contribution >= 0.6 is 11.8 Å². The highest BCUT2D eigenvalue weighted by molar-refractivity contribution is 7.99. The van der Waals surface area contributed by atoms with Crippen LogP contribution in [0.4, 0.5) is 0 Å². The van der Waals surface area contributed by atoms with Gasteiger partial charge in [-0.15, -0.1) is 11.8 Å². The summed E-state index contributed by atoms with van der Waals surface area (Å²) in [5.41, 5.74) is 0.407. The van der Waals surface area contributed by atoms with Crippen LogP contribution in [-0.4, -0.2) is 42.8 Å². The molecule has 1 aliphatic rings. The van der Waals surface area contributed by atoms with E-state index in [9.17, 15) is 0 Å². The van der Waals surface area contributed by atoms with Gasteiger partial charge in [-0.2, -0.15) is 0 Å². The molecule has 0 bridgehead atoms. The topological polar surface area (TPSA) is 12.5 Å². The van der Waals surface area contributed by atoms with Crippen molar-refractivity contribution >= 4 is 11.8 Å². The van der Waals surface area contributed by atoms with E-state index >= 15 is 0 Å². The largest absolute Gasteiger partial charge is 0.362 e. The Morgan fingerprint density at radius 2 is 2.30 bits per heavy atom. The van der Waals surface area contributed by atoms with E-state index in [2.05, 4.69) is 25.9 Å². The van der Waals surface area contributed by atoms with Crippen molar-refractivity contribution < 1.29 is 4.74 Å². The molecule has 0 N–H and O–H groups in total. The Morgan fingerprint density at radius 3 is 2.70 bits per heavy atom. The predicted molar refractivity (Wildman–Crippen MR) is 45.3 cm³/mol. The van der Waals surface area contributed by atoms with Gasteiger partial charge in [0.15, 0.2) is 0 Å². The van der Waals surface area contributed by atoms with E-state index < -0.39 is 0 Å². The lowest BCUT2D eigenvalue weighted by Crippen LogP contribution is -2.27. The highest BCUT2D eigenvalue weighted by Crippen LogP contribution is 2.24. The van der Waals surface area contributed by atoms with Crippen LogP contribution in [0.25, 0.3) is 0 Å². The summed E-state index contributed by atoms with van der Waals surface area (Å²) in [6.45, 7) is 3.16. The Balaban J connectivity index is 2.18. The molecule has 0 spiro atoms. The number of hydrogen-bond donors (Lipinski definition) is 0. The first-order valence-electron chi connectivity index (χ1n) is 3.60. The van der Waals surface area contributed by atoms with E-state index in [1.54, 1.807) is 0 Å². The fourth-order valence-corrected chi connectivity index (χ4v) is 2.00. The zero-order valence-electron chi connectivity index (χ0n) is 6.83. The van der Waals surface area contributed by atoms with Crippen molar-refractivity contribution in [3.05, 3.63) is 0 Å². The van der Waals surface area contributed by atoms with Gasteiger partial charge in [0.05, 0.1) is 6.10 Å². The van der Waals surface area contributed by atoms with Gasteiger partial charge in [0, 0.05) is 12.3 Å². The van der Waals surface area contributed by atoms with Gasteiger partial charge in [-0.05, 0) is 21.0 Å². The molecule has 1 saturated heterocycles. The fourth-order valence-electron chi connectivity index (χ4n) is 1.10. The molecule has 0 aromatic carbocycles. The van der Waals surface area contributed by atoms with Crippen LogP contribution in [0.3, 0.4) is 0 Å². The standard InChI is InChI=1S/C7H15NOS/c1-6-9-7(5-10-6)4-8(2)3/h6-7H,4-5H2,1-3H3/t6-,7+/m0/s1. The molecule has 0 unspecified atom stereocenters. The highest BCUT2D eigenvalue weighted by Gasteiger charge is 2.22. The van der Waals surface area contributed by atoms with E-state index in [0.29, 0.717) is 11.5 Å². The maximum Gasteiger partial charge on any atom is 0.100 e. The second kappa shape index (κ2) is 3.60. The van der Waals surface area contributed by atoms with E-state index in [4.69, 9.17) is 4.74 Å². The smallest absolute Gasteiger partial charge is 0.100 e. The minimum atomic E-state index is 0.407. The molecular weight excluding hydrogens is 146 g/mol. The van der Waals surface area contributed by atoms with Crippen LogP contribution in [-0.2, 0) is 4.74 Å². The van der Waals surface area contributed by atoms with Crippen molar-refractivity contribution in [2.24, 2.45) is 0 Å². The van der Waals surface area contributed by atoms with Crippen molar-refractivity contribution in [1.82, 2.24) is 4.90 Å². The summed E-state index contributed by atoms with van der Waals surface area (Å²) in [6, 6.07) is 0. The zero-order chi connectivity index (χ0) is 7.56. The Morgan fingerprint density at radius 1 is 1.60 bits per heavy atom. The van der Waals surface area contributed by atoms with Crippen LogP contribution in [0.1, 0.15) is 6.92 Å². The molecular formula is C7H15NOS. The molecule has 1 rings (SSSR count). The molecule has 2 atom stereocenters. The molecule has 10 heavy (non-hydrogen) atoms. The summed E-state index contributed by atoms with van der Waals surface area (Å²) in [7, 11) is 4.16. The first-order valence-corrected chi connectivity index (χ1v) is 4.65. The third kappa shape index (κ3) is 2.48. The second-order valence-corrected chi connectivity index (χ2v) is 4.25. The maximum absolute atomic E-state index is 5.59. The summed E-state index contributed by atoms with van der Waals surface area (Å²) in [5, 5.41) is 0. The summed E-state index contributed by atoms with van der Waals surface area (Å²) in [5.74, 6) is 1.15. The van der Waals surface area contributed by atoms with Crippen LogP contribution in [0.5, 0.6) is 0 Å². The van der Waals surface area contributed by atoms with Gasteiger partial charge in [-0.1, -0.05) is 0 Å². The quantitative estimate of drug-likeness (QED) is 0.600. The van der Waals surface area contributed by atoms with Crippen molar-refractivity contribution in [3.8, 4) is 0 Å². The molecule has 0 radical (unpaired) electrons. The van der Waals surface area contributed by atoms with Gasteiger partial charge in [0.25, 0.3) is 0 Å². The molecule has 0 aromatic heterocycles. The van der Waals surface area contributed by atoms with E-state index in [1.165, 1.54) is 0 Å². The summed E-state index contributed by atoms with van der Waals surface area (Å²) in [4.78, 5) is 2.17. The third-order valence-corrected chi connectivity index (χ3v) is 2.61. The summed E-state index contributed by atoms with van der Waals surface area (Å²) in [6.07, 6.45) is 0.454. The Hall–Kier alpha value is 0.270. The number of nitrogens with zero attached hydrogens (tertiary/aromatic N) is 1. The molecule has 0 aliphatic carbocycles. The van der Waals surface area contributed by atoms with Crippen LogP contribution in [0, 0.1) is 0 Å². The Labute approximate surface area is 66.9 Å². The lowest BCUT2D eigenvalue weighted by Gasteiger charge is -2.14. The number of rotatable bonds is 2. The molecule has 3 heteroatoms. The number of likely N-dealkylation sites (N-methyl/N-ethyl adjacent to an activating group) is 1. The highest BCUT2D eigenvalue weighted by atomic mass is 32.2. The van der Waals surface area contributed by atoms with Crippen molar-refractivity contribution in [2.75, 3.05) is 26.4 Å². The minimum Gasteiger partial charge on any atom is -0.362 e. The van der Waals surface area contributed by atoms with Gasteiger partial charge in [0.2, 0.25) is 0 Å².